The van der Waals surface area contributed by atoms with Crippen molar-refractivity contribution in [1.29, 1.82) is 0 Å². The maximum Gasteiger partial charge on any atom is 0.269 e. The highest BCUT2D eigenvalue weighted by molar-refractivity contribution is 5.99. The Kier molecular flexibility index (Phi) is 4.37. The van der Waals surface area contributed by atoms with Gasteiger partial charge in [-0.2, -0.15) is 0 Å². The summed E-state index contributed by atoms with van der Waals surface area (Å²) in [5, 5.41) is 0. The Labute approximate surface area is 169 Å². The SMILES string of the molecule is O=C(NNC(=O)c1ccnc(C23CC4CC(CC(C4)C2)C3)c1)c1ccc(F)cc1. The van der Waals surface area contributed by atoms with Gasteiger partial charge in [0.05, 0.1) is 0 Å². The molecule has 6 heteroatoms. The van der Waals surface area contributed by atoms with Gasteiger partial charge in [0.1, 0.15) is 5.82 Å². The predicted octanol–water partition coefficient (Wildman–Crippen LogP) is 3.76. The Morgan fingerprint density at radius 3 is 2.00 bits per heavy atom. The van der Waals surface area contributed by atoms with Gasteiger partial charge in [-0.15, -0.1) is 0 Å². The second kappa shape index (κ2) is 6.94. The Balaban J connectivity index is 1.29. The van der Waals surface area contributed by atoms with Crippen LogP contribution in [0.25, 0.3) is 0 Å². The molecule has 150 valence electrons. The zero-order valence-electron chi connectivity index (χ0n) is 16.2. The molecule has 4 fully saturated rings. The van der Waals surface area contributed by atoms with Crippen molar-refractivity contribution in [2.24, 2.45) is 17.8 Å². The minimum Gasteiger partial charge on any atom is -0.267 e. The van der Waals surface area contributed by atoms with Gasteiger partial charge >= 0.3 is 0 Å². The van der Waals surface area contributed by atoms with E-state index in [0.29, 0.717) is 5.56 Å². The molecule has 1 aromatic carbocycles. The zero-order chi connectivity index (χ0) is 20.0. The van der Waals surface area contributed by atoms with E-state index >= 15 is 0 Å². The molecule has 5 nitrogen and oxygen atoms in total. The summed E-state index contributed by atoms with van der Waals surface area (Å²) in [4.78, 5) is 29.4. The van der Waals surface area contributed by atoms with Gasteiger partial charge < -0.3 is 0 Å². The van der Waals surface area contributed by atoms with E-state index < -0.39 is 11.7 Å². The Hall–Kier alpha value is -2.76. The number of hydrogen-bond acceptors (Lipinski definition) is 3. The van der Waals surface area contributed by atoms with Crippen LogP contribution in [0.3, 0.4) is 0 Å². The first-order valence-electron chi connectivity index (χ1n) is 10.3. The third-order valence-corrected chi connectivity index (χ3v) is 7.00. The molecule has 2 aromatic rings. The Morgan fingerprint density at radius 2 is 1.41 bits per heavy atom. The van der Waals surface area contributed by atoms with Gasteiger partial charge in [0.2, 0.25) is 0 Å². The molecule has 0 saturated heterocycles. The molecule has 6 rings (SSSR count). The van der Waals surface area contributed by atoms with Crippen LogP contribution in [0, 0.1) is 23.6 Å². The second-order valence-corrected chi connectivity index (χ2v) is 9.04. The topological polar surface area (TPSA) is 71.1 Å². The predicted molar refractivity (Wildman–Crippen MR) is 105 cm³/mol. The summed E-state index contributed by atoms with van der Waals surface area (Å²) in [7, 11) is 0. The summed E-state index contributed by atoms with van der Waals surface area (Å²) >= 11 is 0. The Bertz CT molecular complexity index is 922. The monoisotopic (exact) mass is 393 g/mol. The lowest BCUT2D eigenvalue weighted by Gasteiger charge is -2.56. The molecule has 29 heavy (non-hydrogen) atoms. The lowest BCUT2D eigenvalue weighted by atomic mass is 9.48. The number of carbonyl (C=O) groups excluding carboxylic acids is 2. The normalized spacial score (nSPS) is 29.5. The molecular formula is C23H24FN3O2. The highest BCUT2D eigenvalue weighted by Gasteiger charge is 2.52. The third-order valence-electron chi connectivity index (χ3n) is 7.00. The lowest BCUT2D eigenvalue weighted by Crippen LogP contribution is -2.49. The number of carbonyl (C=O) groups is 2. The molecule has 0 atom stereocenters. The van der Waals surface area contributed by atoms with Crippen LogP contribution < -0.4 is 10.9 Å². The van der Waals surface area contributed by atoms with E-state index in [2.05, 4.69) is 15.8 Å². The molecule has 0 aliphatic heterocycles. The number of hydrazine groups is 1. The fraction of sp³-hybridized carbons (Fsp3) is 0.435. The summed E-state index contributed by atoms with van der Waals surface area (Å²) < 4.78 is 13.0. The number of amides is 2. The number of pyridine rings is 1. The van der Waals surface area contributed by atoms with Crippen LogP contribution in [-0.2, 0) is 5.41 Å². The average Bonchev–Trinajstić information content (AvgIpc) is 2.71. The van der Waals surface area contributed by atoms with Gasteiger partial charge in [0, 0.05) is 28.4 Å². The van der Waals surface area contributed by atoms with Crippen LogP contribution in [0.15, 0.2) is 42.6 Å². The summed E-state index contributed by atoms with van der Waals surface area (Å²) in [5.41, 5.74) is 6.74. The van der Waals surface area contributed by atoms with Crippen LogP contribution in [0.1, 0.15) is 64.9 Å². The molecule has 1 aromatic heterocycles. The highest BCUT2D eigenvalue weighted by Crippen LogP contribution is 2.60. The largest absolute Gasteiger partial charge is 0.269 e. The number of rotatable bonds is 3. The summed E-state index contributed by atoms with van der Waals surface area (Å²) in [5.74, 6) is 1.11. The van der Waals surface area contributed by atoms with Crippen molar-refractivity contribution in [3.05, 3.63) is 65.2 Å². The molecule has 4 aliphatic rings. The first-order chi connectivity index (χ1) is 14.0. The first-order valence-corrected chi connectivity index (χ1v) is 10.3. The van der Waals surface area contributed by atoms with Crippen LogP contribution >= 0.6 is 0 Å². The minimum absolute atomic E-state index is 0.113. The van der Waals surface area contributed by atoms with Crippen molar-refractivity contribution < 1.29 is 14.0 Å². The van der Waals surface area contributed by atoms with Crippen molar-refractivity contribution in [2.45, 2.75) is 43.9 Å². The number of aromatic nitrogens is 1. The van der Waals surface area contributed by atoms with Gasteiger partial charge in [-0.05, 0) is 92.7 Å². The van der Waals surface area contributed by atoms with Gasteiger partial charge in [-0.1, -0.05) is 0 Å². The van der Waals surface area contributed by atoms with Crippen molar-refractivity contribution in [3.8, 4) is 0 Å². The van der Waals surface area contributed by atoms with E-state index in [9.17, 15) is 14.0 Å². The molecule has 4 saturated carbocycles. The van der Waals surface area contributed by atoms with Gasteiger partial charge in [0.25, 0.3) is 11.8 Å². The Morgan fingerprint density at radius 1 is 0.862 bits per heavy atom. The third kappa shape index (κ3) is 3.41. The van der Waals surface area contributed by atoms with E-state index in [1.165, 1.54) is 62.8 Å². The maximum atomic E-state index is 13.0. The number of benzene rings is 1. The number of halogens is 1. The van der Waals surface area contributed by atoms with Crippen LogP contribution in [0.4, 0.5) is 4.39 Å². The van der Waals surface area contributed by atoms with E-state index in [1.807, 2.05) is 6.07 Å². The fourth-order valence-corrected chi connectivity index (χ4v) is 6.15. The number of nitrogens with zero attached hydrogens (tertiary/aromatic N) is 1. The second-order valence-electron chi connectivity index (χ2n) is 9.04. The minimum atomic E-state index is -0.492. The molecule has 1 heterocycles. The fourth-order valence-electron chi connectivity index (χ4n) is 6.15. The highest BCUT2D eigenvalue weighted by atomic mass is 19.1. The van der Waals surface area contributed by atoms with Crippen LogP contribution in [0.2, 0.25) is 0 Å². The first kappa shape index (κ1) is 18.3. The quantitative estimate of drug-likeness (QED) is 0.780. The molecule has 2 N–H and O–H groups in total. The standard InChI is InChI=1S/C23H24FN3O2/c24-19-3-1-17(2-4-19)21(28)26-27-22(29)18-5-6-25-20(10-18)23-11-14-7-15(12-23)9-16(8-14)13-23/h1-6,10,14-16H,7-9,11-13H2,(H,26,28)(H,27,29). The van der Waals surface area contributed by atoms with E-state index in [-0.39, 0.29) is 16.9 Å². The summed E-state index contributed by atoms with van der Waals surface area (Å²) in [6.45, 7) is 0. The molecule has 4 aliphatic carbocycles. The van der Waals surface area contributed by atoms with Crippen LogP contribution in [-0.4, -0.2) is 16.8 Å². The van der Waals surface area contributed by atoms with Crippen molar-refractivity contribution in [1.82, 2.24) is 15.8 Å². The van der Waals surface area contributed by atoms with Gasteiger partial charge in [-0.3, -0.25) is 25.4 Å². The van der Waals surface area contributed by atoms with E-state index in [4.69, 9.17) is 0 Å². The van der Waals surface area contributed by atoms with Gasteiger partial charge in [0.15, 0.2) is 0 Å². The van der Waals surface area contributed by atoms with E-state index in [0.717, 1.165) is 23.4 Å². The van der Waals surface area contributed by atoms with Crippen LogP contribution in [0.5, 0.6) is 0 Å². The molecule has 0 radical (unpaired) electrons. The van der Waals surface area contributed by atoms with Gasteiger partial charge in [-0.25, -0.2) is 4.39 Å². The van der Waals surface area contributed by atoms with Crippen molar-refractivity contribution in [2.75, 3.05) is 0 Å². The number of nitrogens with one attached hydrogen (secondary N) is 2. The number of hydrogen-bond donors (Lipinski definition) is 2. The van der Waals surface area contributed by atoms with E-state index in [1.54, 1.807) is 12.3 Å². The lowest BCUT2D eigenvalue weighted by molar-refractivity contribution is -0.00722. The molecule has 2 amide bonds. The smallest absolute Gasteiger partial charge is 0.267 e. The summed E-state index contributed by atoms with van der Waals surface area (Å²) in [6.07, 6.45) is 9.30. The summed E-state index contributed by atoms with van der Waals surface area (Å²) in [6, 6.07) is 8.72. The molecular weight excluding hydrogens is 369 g/mol. The molecule has 4 bridgehead atoms. The maximum absolute atomic E-state index is 13.0. The average molecular weight is 393 g/mol. The zero-order valence-corrected chi connectivity index (χ0v) is 16.2. The molecule has 0 unspecified atom stereocenters. The van der Waals surface area contributed by atoms with Crippen molar-refractivity contribution >= 4 is 11.8 Å². The molecule has 0 spiro atoms. The van der Waals surface area contributed by atoms with Crippen molar-refractivity contribution in [3.63, 3.8) is 0 Å².